The van der Waals surface area contributed by atoms with Gasteiger partial charge in [-0.2, -0.15) is 0 Å². The Morgan fingerprint density at radius 2 is 1.66 bits per heavy atom. The first-order valence-electron chi connectivity index (χ1n) is 17.0. The van der Waals surface area contributed by atoms with Gasteiger partial charge >= 0.3 is 0 Å². The third-order valence-electron chi connectivity index (χ3n) is 7.46. The predicted molar refractivity (Wildman–Crippen MR) is 197 cm³/mol. The molecule has 0 radical (unpaired) electrons. The number of hydrogen-bond acceptors (Lipinski definition) is 5. The largest absolute Gasteiger partial charge is 0.373 e. The lowest BCUT2D eigenvalue weighted by Crippen LogP contribution is -2.46. The quantitative estimate of drug-likeness (QED) is 0.222. The van der Waals surface area contributed by atoms with Crippen LogP contribution in [0.2, 0.25) is 0 Å². The van der Waals surface area contributed by atoms with Crippen molar-refractivity contribution in [2.75, 3.05) is 41.1 Å². The summed E-state index contributed by atoms with van der Waals surface area (Å²) in [7, 11) is 3.99. The minimum Gasteiger partial charge on any atom is -0.373 e. The summed E-state index contributed by atoms with van der Waals surface area (Å²) in [4.78, 5) is 21.1. The Labute approximate surface area is 271 Å². The van der Waals surface area contributed by atoms with Crippen molar-refractivity contribution in [3.63, 3.8) is 0 Å². The molecule has 0 saturated carbocycles. The molecule has 0 saturated heterocycles. The van der Waals surface area contributed by atoms with Crippen molar-refractivity contribution in [3.05, 3.63) is 60.3 Å². The molecule has 7 nitrogen and oxygen atoms in total. The summed E-state index contributed by atoms with van der Waals surface area (Å²) < 4.78 is 0. The molecule has 2 aromatic rings. The summed E-state index contributed by atoms with van der Waals surface area (Å²) in [5, 5.41) is 10.5. The zero-order valence-corrected chi connectivity index (χ0v) is 29.7. The van der Waals surface area contributed by atoms with Crippen molar-refractivity contribution in [1.82, 2.24) is 5.32 Å². The van der Waals surface area contributed by atoms with Gasteiger partial charge in [0.2, 0.25) is 5.91 Å². The zero-order valence-electron chi connectivity index (χ0n) is 29.7. The molecule has 0 aliphatic carbocycles. The minimum atomic E-state index is 0. The Hall–Kier alpha value is -3.48. The van der Waals surface area contributed by atoms with Crippen LogP contribution in [0.3, 0.4) is 0 Å². The van der Waals surface area contributed by atoms with Crippen LogP contribution in [0, 0.1) is 5.92 Å². The number of rotatable bonds is 11. The first-order valence-corrected chi connectivity index (χ1v) is 17.0. The van der Waals surface area contributed by atoms with Gasteiger partial charge in [0.15, 0.2) is 0 Å². The van der Waals surface area contributed by atoms with E-state index in [2.05, 4.69) is 101 Å². The lowest BCUT2D eigenvalue weighted by atomic mass is 10.00. The van der Waals surface area contributed by atoms with E-state index < -0.39 is 0 Å². The highest BCUT2D eigenvalue weighted by molar-refractivity contribution is 6.10. The molecule has 4 rings (SSSR count). The van der Waals surface area contributed by atoms with Gasteiger partial charge in [0.05, 0.1) is 28.8 Å². The normalized spacial score (nSPS) is 17.0. The smallest absolute Gasteiger partial charge is 0.220 e. The summed E-state index contributed by atoms with van der Waals surface area (Å²) in [5.41, 5.74) is 6.72. The fraction of sp³-hybridized carbons (Fsp3) is 0.568. The summed E-state index contributed by atoms with van der Waals surface area (Å²) in [6.07, 6.45) is 5.72. The Morgan fingerprint density at radius 3 is 2.27 bits per heavy atom. The van der Waals surface area contributed by atoms with E-state index >= 15 is 0 Å². The Morgan fingerprint density at radius 1 is 0.977 bits per heavy atom. The van der Waals surface area contributed by atoms with Crippen molar-refractivity contribution in [2.24, 2.45) is 10.9 Å². The van der Waals surface area contributed by atoms with Crippen LogP contribution in [0.15, 0.2) is 59.7 Å². The van der Waals surface area contributed by atoms with Gasteiger partial charge < -0.3 is 20.9 Å². The van der Waals surface area contributed by atoms with Crippen LogP contribution >= 0.6 is 0 Å². The summed E-state index contributed by atoms with van der Waals surface area (Å²) >= 11 is 0. The van der Waals surface area contributed by atoms with Crippen molar-refractivity contribution in [3.8, 4) is 0 Å². The number of benzene rings is 2. The molecule has 2 aliphatic rings. The maximum atomic E-state index is 12.0. The predicted octanol–water partition coefficient (Wildman–Crippen LogP) is 9.85. The number of carbonyl (C=O) groups is 1. The SMILES string of the molecule is C=C(C)N1C(=NC)C(CCCCCNC(=O)CCC(C)C)Nc2cc(C3Nc4ccccc4N3C)ccc21.CC.CC.CC.[HH]. The Balaban J connectivity index is 0.00000261. The fourth-order valence-electron chi connectivity index (χ4n) is 5.40. The van der Waals surface area contributed by atoms with Crippen molar-refractivity contribution in [2.45, 2.75) is 113 Å². The molecule has 2 unspecified atom stereocenters. The lowest BCUT2D eigenvalue weighted by Gasteiger charge is -2.39. The van der Waals surface area contributed by atoms with E-state index in [1.54, 1.807) is 0 Å². The molecule has 0 spiro atoms. The van der Waals surface area contributed by atoms with Gasteiger partial charge in [-0.05, 0) is 61.9 Å². The Kier molecular flexibility index (Phi) is 17.9. The maximum Gasteiger partial charge on any atom is 0.220 e. The summed E-state index contributed by atoms with van der Waals surface area (Å²) in [5.74, 6) is 1.73. The van der Waals surface area contributed by atoms with E-state index in [9.17, 15) is 4.79 Å². The van der Waals surface area contributed by atoms with E-state index in [4.69, 9.17) is 0 Å². The van der Waals surface area contributed by atoms with Gasteiger partial charge in [0.25, 0.3) is 0 Å². The molecule has 0 aromatic heterocycles. The minimum absolute atomic E-state index is 0. The monoisotopic (exact) mass is 609 g/mol. The highest BCUT2D eigenvalue weighted by atomic mass is 16.1. The second-order valence-electron chi connectivity index (χ2n) is 10.9. The van der Waals surface area contributed by atoms with Gasteiger partial charge in [-0.3, -0.25) is 14.7 Å². The van der Waals surface area contributed by atoms with E-state index in [0.717, 1.165) is 67.2 Å². The number of nitrogens with one attached hydrogen (secondary N) is 3. The molecule has 1 amide bonds. The van der Waals surface area contributed by atoms with Crippen LogP contribution in [0.4, 0.5) is 22.7 Å². The van der Waals surface area contributed by atoms with E-state index in [0.29, 0.717) is 12.3 Å². The molecule has 0 bridgehead atoms. The number of anilines is 4. The highest BCUT2D eigenvalue weighted by Crippen LogP contribution is 2.43. The summed E-state index contributed by atoms with van der Waals surface area (Å²) in [6, 6.07) is 15.2. The number of carbonyl (C=O) groups excluding carboxylic acids is 1. The molecule has 7 heteroatoms. The maximum absolute atomic E-state index is 12.0. The van der Waals surface area contributed by atoms with Gasteiger partial charge in [0.1, 0.15) is 12.0 Å². The molecule has 248 valence electrons. The number of fused-ring (bicyclic) bond motifs is 2. The van der Waals surface area contributed by atoms with Crippen LogP contribution in [-0.2, 0) is 4.79 Å². The van der Waals surface area contributed by atoms with Gasteiger partial charge in [-0.1, -0.05) is 93.0 Å². The van der Waals surface area contributed by atoms with E-state index in [1.807, 2.05) is 55.5 Å². The van der Waals surface area contributed by atoms with E-state index in [1.165, 1.54) is 11.3 Å². The van der Waals surface area contributed by atoms with Gasteiger partial charge in [-0.25, -0.2) is 0 Å². The number of allylic oxidation sites excluding steroid dienone is 1. The third kappa shape index (κ3) is 10.3. The molecular formula is C37H64N6O. The van der Waals surface area contributed by atoms with Crippen molar-refractivity contribution >= 4 is 34.5 Å². The molecule has 2 atom stereocenters. The number of amidine groups is 1. The number of hydrogen-bond donors (Lipinski definition) is 3. The molecule has 3 N–H and O–H groups in total. The van der Waals surface area contributed by atoms with Gasteiger partial charge in [0, 0.05) is 34.2 Å². The molecule has 0 fully saturated rings. The highest BCUT2D eigenvalue weighted by Gasteiger charge is 2.33. The number of aliphatic imine (C=N–C) groups is 1. The first kappa shape index (κ1) is 38.5. The molecule has 2 aromatic carbocycles. The average Bonchev–Trinajstić information content (AvgIpc) is 3.39. The molecule has 2 heterocycles. The van der Waals surface area contributed by atoms with Crippen molar-refractivity contribution in [1.29, 1.82) is 0 Å². The third-order valence-corrected chi connectivity index (χ3v) is 7.46. The number of unbranched alkanes of at least 4 members (excludes halogenated alkanes) is 2. The molecular weight excluding hydrogens is 544 g/mol. The van der Waals surface area contributed by atoms with Crippen LogP contribution in [0.25, 0.3) is 0 Å². The zero-order chi connectivity index (χ0) is 33.2. The van der Waals surface area contributed by atoms with E-state index in [-0.39, 0.29) is 19.5 Å². The van der Waals surface area contributed by atoms with Crippen LogP contribution < -0.4 is 25.8 Å². The number of nitrogens with zero attached hydrogens (tertiary/aromatic N) is 3. The second kappa shape index (κ2) is 20.5. The first-order chi connectivity index (χ1) is 21.3. The van der Waals surface area contributed by atoms with Crippen LogP contribution in [-0.4, -0.2) is 38.4 Å². The fourth-order valence-corrected chi connectivity index (χ4v) is 5.40. The number of amides is 1. The van der Waals surface area contributed by atoms with Crippen LogP contribution in [0.1, 0.15) is 114 Å². The molecule has 44 heavy (non-hydrogen) atoms. The topological polar surface area (TPSA) is 72.0 Å². The van der Waals surface area contributed by atoms with Crippen molar-refractivity contribution < 1.29 is 6.22 Å². The summed E-state index contributed by atoms with van der Waals surface area (Å²) in [6.45, 7) is 23.4. The van der Waals surface area contributed by atoms with Crippen LogP contribution in [0.5, 0.6) is 0 Å². The lowest BCUT2D eigenvalue weighted by molar-refractivity contribution is -0.121. The molecule has 2 aliphatic heterocycles. The average molecular weight is 609 g/mol. The Bertz CT molecular complexity index is 1180. The standard InChI is InChI=1S/C31H44N6O.3C2H6.H2/c1-21(2)15-18-29(38)33-19-11-7-8-13-25-31(32-5)37(22(3)4)28-17-16-23(20-26(28)34-25)30-35-24-12-9-10-14-27(24)36(30)6;3*1-2;/h9-10,12,14,16-17,20-21,25,30,34-35H,3,7-8,11,13,15,18-19H2,1-2,4-6H3,(H,33,38);3*1-2H3;1H. The van der Waals surface area contributed by atoms with Gasteiger partial charge in [-0.15, -0.1) is 0 Å². The number of para-hydroxylation sites is 2. The second-order valence-corrected chi connectivity index (χ2v) is 10.9.